The molecule has 0 amide bonds. The lowest BCUT2D eigenvalue weighted by molar-refractivity contribution is 1.15. The molecular weight excluding hydrogens is 438 g/mol. The van der Waals surface area contributed by atoms with Crippen molar-refractivity contribution in [3.8, 4) is 11.4 Å². The number of para-hydroxylation sites is 2. The van der Waals surface area contributed by atoms with E-state index in [4.69, 9.17) is 0 Å². The molecule has 3 nitrogen and oxygen atoms in total. The molecule has 168 valence electrons. The van der Waals surface area contributed by atoms with Crippen molar-refractivity contribution >= 4 is 54.4 Å². The van der Waals surface area contributed by atoms with Crippen LogP contribution < -0.4 is 0 Å². The Morgan fingerprint density at radius 1 is 0.417 bits per heavy atom. The Morgan fingerprint density at radius 3 is 1.94 bits per heavy atom. The molecule has 0 radical (unpaired) electrons. The fourth-order valence-corrected chi connectivity index (χ4v) is 5.88. The smallest absolute Gasteiger partial charge is 0.0562 e. The minimum absolute atomic E-state index is 1.11. The van der Waals surface area contributed by atoms with Gasteiger partial charge in [0.15, 0.2) is 0 Å². The number of benzene rings is 5. The van der Waals surface area contributed by atoms with Crippen LogP contribution in [0.25, 0.3) is 65.8 Å². The first-order chi connectivity index (χ1) is 17.9. The summed E-state index contributed by atoms with van der Waals surface area (Å²) in [6, 6.07) is 41.5. The first kappa shape index (κ1) is 19.4. The average molecular weight is 460 g/mol. The van der Waals surface area contributed by atoms with Crippen LogP contribution in [0.1, 0.15) is 0 Å². The van der Waals surface area contributed by atoms with Gasteiger partial charge in [-0.2, -0.15) is 0 Å². The molecule has 0 saturated heterocycles. The van der Waals surface area contributed by atoms with E-state index in [0.717, 1.165) is 5.69 Å². The molecule has 0 aliphatic rings. The van der Waals surface area contributed by atoms with E-state index in [1.807, 2.05) is 12.4 Å². The molecule has 0 unspecified atom stereocenters. The van der Waals surface area contributed by atoms with Gasteiger partial charge >= 0.3 is 0 Å². The van der Waals surface area contributed by atoms with Crippen LogP contribution in [0.4, 0.5) is 0 Å². The van der Waals surface area contributed by atoms with E-state index < -0.39 is 0 Å². The summed E-state index contributed by atoms with van der Waals surface area (Å²) in [6.45, 7) is 0. The number of pyridine rings is 1. The van der Waals surface area contributed by atoms with E-state index in [1.165, 1.54) is 60.1 Å². The van der Waals surface area contributed by atoms with Gasteiger partial charge in [-0.25, -0.2) is 0 Å². The number of hydrogen-bond acceptors (Lipinski definition) is 1. The van der Waals surface area contributed by atoms with Crippen LogP contribution in [0.3, 0.4) is 0 Å². The van der Waals surface area contributed by atoms with Gasteiger partial charge in [-0.15, -0.1) is 0 Å². The first-order valence-corrected chi connectivity index (χ1v) is 12.2. The van der Waals surface area contributed by atoms with Crippen molar-refractivity contribution in [2.45, 2.75) is 0 Å². The zero-order chi connectivity index (χ0) is 23.6. The molecule has 0 atom stereocenters. The van der Waals surface area contributed by atoms with E-state index in [2.05, 4.69) is 129 Å². The molecule has 0 bridgehead atoms. The number of fused-ring (bicyclic) bond motifs is 8. The monoisotopic (exact) mass is 459 g/mol. The fraction of sp³-hybridized carbons (Fsp3) is 0. The van der Waals surface area contributed by atoms with Crippen LogP contribution in [0.2, 0.25) is 0 Å². The fourth-order valence-electron chi connectivity index (χ4n) is 5.88. The first-order valence-electron chi connectivity index (χ1n) is 12.2. The van der Waals surface area contributed by atoms with Gasteiger partial charge in [0, 0.05) is 45.3 Å². The van der Waals surface area contributed by atoms with Gasteiger partial charge in [-0.1, -0.05) is 66.7 Å². The van der Waals surface area contributed by atoms with Crippen LogP contribution >= 0.6 is 0 Å². The van der Waals surface area contributed by atoms with Crippen molar-refractivity contribution in [2.75, 3.05) is 0 Å². The van der Waals surface area contributed by atoms with Crippen molar-refractivity contribution in [2.24, 2.45) is 0 Å². The van der Waals surface area contributed by atoms with E-state index in [-0.39, 0.29) is 0 Å². The summed E-state index contributed by atoms with van der Waals surface area (Å²) in [4.78, 5) is 4.26. The van der Waals surface area contributed by atoms with Crippen LogP contribution in [0.15, 0.2) is 128 Å². The summed E-state index contributed by atoms with van der Waals surface area (Å²) >= 11 is 0. The maximum absolute atomic E-state index is 4.26. The Balaban J connectivity index is 1.64. The second-order valence-electron chi connectivity index (χ2n) is 9.30. The van der Waals surface area contributed by atoms with E-state index in [1.54, 1.807) is 0 Å². The Kier molecular flexibility index (Phi) is 3.94. The summed E-state index contributed by atoms with van der Waals surface area (Å²) in [5.74, 6) is 0. The third-order valence-corrected chi connectivity index (χ3v) is 7.38. The Bertz CT molecular complexity index is 2080. The van der Waals surface area contributed by atoms with Gasteiger partial charge in [0.05, 0.1) is 22.1 Å². The highest BCUT2D eigenvalue weighted by Gasteiger charge is 2.19. The van der Waals surface area contributed by atoms with Gasteiger partial charge in [-0.3, -0.25) is 4.98 Å². The molecule has 0 fully saturated rings. The Labute approximate surface area is 207 Å². The summed E-state index contributed by atoms with van der Waals surface area (Å²) in [6.07, 6.45) is 3.73. The predicted molar refractivity (Wildman–Crippen MR) is 150 cm³/mol. The topological polar surface area (TPSA) is 22.8 Å². The van der Waals surface area contributed by atoms with Crippen molar-refractivity contribution < 1.29 is 0 Å². The van der Waals surface area contributed by atoms with Crippen molar-refractivity contribution in [3.05, 3.63) is 128 Å². The second kappa shape index (κ2) is 7.30. The molecular formula is C33H21N3. The van der Waals surface area contributed by atoms with Crippen LogP contribution in [-0.2, 0) is 0 Å². The van der Waals surface area contributed by atoms with Gasteiger partial charge in [-0.05, 0) is 59.3 Å². The molecule has 3 heteroatoms. The molecule has 3 heterocycles. The molecule has 0 spiro atoms. The average Bonchev–Trinajstić information content (AvgIpc) is 3.45. The standard InChI is InChI=1S/C33H21N3/c1-2-9-23(10-3-1)36-30-15-14-22-8-4-5-11-25(22)33(30)28-20-27-26-12-6-7-13-29(26)35(31(27)21-32(28)36)24-16-18-34-19-17-24/h1-21H. The van der Waals surface area contributed by atoms with Gasteiger partial charge in [0.2, 0.25) is 0 Å². The molecule has 3 aromatic heterocycles. The van der Waals surface area contributed by atoms with Crippen molar-refractivity contribution in [1.29, 1.82) is 0 Å². The van der Waals surface area contributed by atoms with Crippen molar-refractivity contribution in [1.82, 2.24) is 14.1 Å². The van der Waals surface area contributed by atoms with Gasteiger partial charge in [0.1, 0.15) is 0 Å². The SMILES string of the molecule is c1ccc(-n2c3cc4c(cc3c3c5ccccc5ccc32)c2ccccc2n4-c2ccncc2)cc1. The van der Waals surface area contributed by atoms with Crippen LogP contribution in [-0.4, -0.2) is 14.1 Å². The minimum atomic E-state index is 1.11. The van der Waals surface area contributed by atoms with Crippen LogP contribution in [0.5, 0.6) is 0 Å². The predicted octanol–water partition coefficient (Wildman–Crippen LogP) is 8.43. The lowest BCUT2D eigenvalue weighted by atomic mass is 10.0. The third kappa shape index (κ3) is 2.60. The molecule has 0 N–H and O–H groups in total. The maximum atomic E-state index is 4.26. The zero-order valence-corrected chi connectivity index (χ0v) is 19.5. The third-order valence-electron chi connectivity index (χ3n) is 7.38. The number of aromatic nitrogens is 3. The molecule has 8 rings (SSSR count). The zero-order valence-electron chi connectivity index (χ0n) is 19.5. The quantitative estimate of drug-likeness (QED) is 0.254. The largest absolute Gasteiger partial charge is 0.309 e. The lowest BCUT2D eigenvalue weighted by Gasteiger charge is -2.10. The molecule has 0 saturated carbocycles. The molecule has 5 aromatic carbocycles. The number of nitrogens with zero attached hydrogens (tertiary/aromatic N) is 3. The van der Waals surface area contributed by atoms with E-state index in [9.17, 15) is 0 Å². The van der Waals surface area contributed by atoms with E-state index >= 15 is 0 Å². The highest BCUT2D eigenvalue weighted by molar-refractivity contribution is 6.25. The molecule has 0 aliphatic heterocycles. The summed E-state index contributed by atoms with van der Waals surface area (Å²) in [7, 11) is 0. The highest BCUT2D eigenvalue weighted by atomic mass is 15.0. The van der Waals surface area contributed by atoms with Gasteiger partial charge in [0.25, 0.3) is 0 Å². The molecule has 0 aliphatic carbocycles. The van der Waals surface area contributed by atoms with Gasteiger partial charge < -0.3 is 9.13 Å². The summed E-state index contributed by atoms with van der Waals surface area (Å²) < 4.78 is 4.77. The summed E-state index contributed by atoms with van der Waals surface area (Å²) in [5, 5.41) is 7.63. The normalized spacial score (nSPS) is 11.9. The number of hydrogen-bond donors (Lipinski definition) is 0. The number of rotatable bonds is 2. The van der Waals surface area contributed by atoms with E-state index in [0.29, 0.717) is 0 Å². The Hall–Kier alpha value is -4.89. The molecule has 8 aromatic rings. The maximum Gasteiger partial charge on any atom is 0.0562 e. The minimum Gasteiger partial charge on any atom is -0.309 e. The lowest BCUT2D eigenvalue weighted by Crippen LogP contribution is -1.95. The second-order valence-corrected chi connectivity index (χ2v) is 9.30. The van der Waals surface area contributed by atoms with Crippen molar-refractivity contribution in [3.63, 3.8) is 0 Å². The highest BCUT2D eigenvalue weighted by Crippen LogP contribution is 2.41. The Morgan fingerprint density at radius 2 is 1.08 bits per heavy atom. The summed E-state index contributed by atoms with van der Waals surface area (Å²) in [5.41, 5.74) is 7.11. The molecule has 36 heavy (non-hydrogen) atoms. The van der Waals surface area contributed by atoms with Crippen LogP contribution in [0, 0.1) is 0 Å².